The molecule has 0 saturated heterocycles. The molecule has 0 unspecified atom stereocenters. The quantitative estimate of drug-likeness (QED) is 0.413. The summed E-state index contributed by atoms with van der Waals surface area (Å²) >= 11 is 5.76. The molecule has 4 rings (SSSR count). The second kappa shape index (κ2) is 10.0. The molecule has 0 spiro atoms. The first-order valence-corrected chi connectivity index (χ1v) is 10.7. The van der Waals surface area contributed by atoms with Gasteiger partial charge in [0, 0.05) is 13.7 Å². The second-order valence-corrected chi connectivity index (χ2v) is 7.91. The molecule has 4 aromatic rings. The first-order chi connectivity index (χ1) is 16.4. The Morgan fingerprint density at radius 3 is 2.62 bits per heavy atom. The zero-order chi connectivity index (χ0) is 24.2. The van der Waals surface area contributed by atoms with Crippen LogP contribution in [0.25, 0.3) is 11.2 Å². The van der Waals surface area contributed by atoms with Crippen molar-refractivity contribution in [2.45, 2.75) is 19.6 Å². The minimum Gasteiger partial charge on any atom is -0.383 e. The number of anilines is 1. The molecule has 0 bridgehead atoms. The fraction of sp³-hybridized carbons (Fsp3) is 0.217. The van der Waals surface area contributed by atoms with Crippen molar-refractivity contribution in [1.82, 2.24) is 18.7 Å². The maximum atomic E-state index is 14.2. The van der Waals surface area contributed by atoms with Crippen LogP contribution in [-0.4, -0.2) is 38.3 Å². The number of nitrogens with zero attached hydrogens (tertiary/aromatic N) is 4. The molecular formula is C23H21ClFN5O4. The van der Waals surface area contributed by atoms with Gasteiger partial charge in [0.2, 0.25) is 5.91 Å². The smallest absolute Gasteiger partial charge is 0.333 e. The minimum atomic E-state index is -0.806. The summed E-state index contributed by atoms with van der Waals surface area (Å²) < 4.78 is 23.0. The maximum absolute atomic E-state index is 14.2. The van der Waals surface area contributed by atoms with Gasteiger partial charge in [-0.25, -0.2) is 18.7 Å². The van der Waals surface area contributed by atoms with E-state index in [4.69, 9.17) is 16.3 Å². The van der Waals surface area contributed by atoms with Crippen molar-refractivity contribution < 1.29 is 13.9 Å². The number of halogens is 2. The summed E-state index contributed by atoms with van der Waals surface area (Å²) in [6.07, 6.45) is 1.46. The Balaban J connectivity index is 1.78. The number of hydrogen-bond donors (Lipinski definition) is 1. The molecule has 0 saturated carbocycles. The van der Waals surface area contributed by atoms with Crippen LogP contribution < -0.4 is 16.6 Å². The van der Waals surface area contributed by atoms with Crippen molar-refractivity contribution in [1.29, 1.82) is 0 Å². The first kappa shape index (κ1) is 23.4. The lowest BCUT2D eigenvalue weighted by Crippen LogP contribution is -2.43. The predicted octanol–water partition coefficient (Wildman–Crippen LogP) is 2.49. The van der Waals surface area contributed by atoms with Gasteiger partial charge < -0.3 is 14.6 Å². The van der Waals surface area contributed by atoms with Crippen LogP contribution in [0.1, 0.15) is 5.56 Å². The average Bonchev–Trinajstić information content (AvgIpc) is 3.25. The summed E-state index contributed by atoms with van der Waals surface area (Å²) in [5.74, 6) is -1.56. The number of rotatable bonds is 8. The summed E-state index contributed by atoms with van der Waals surface area (Å²) in [6.45, 7) is 0.162. The van der Waals surface area contributed by atoms with Gasteiger partial charge in [-0.15, -0.1) is 0 Å². The number of methoxy groups -OCH3 is 1. The van der Waals surface area contributed by atoms with Gasteiger partial charge in [-0.05, 0) is 17.7 Å². The monoisotopic (exact) mass is 485 g/mol. The van der Waals surface area contributed by atoms with Gasteiger partial charge in [0.1, 0.15) is 6.54 Å². The lowest BCUT2D eigenvalue weighted by molar-refractivity contribution is -0.116. The highest BCUT2D eigenvalue weighted by Gasteiger charge is 2.20. The summed E-state index contributed by atoms with van der Waals surface area (Å²) in [5, 5.41) is 2.20. The lowest BCUT2D eigenvalue weighted by atomic mass is 10.2. The Morgan fingerprint density at radius 1 is 1.12 bits per heavy atom. The van der Waals surface area contributed by atoms with Gasteiger partial charge in [-0.1, -0.05) is 48.0 Å². The molecule has 2 aromatic heterocycles. The van der Waals surface area contributed by atoms with Gasteiger partial charge in [-0.3, -0.25) is 14.2 Å². The standard InChI is InChI=1S/C23H21ClFN5O4/c1-34-11-10-28-14-26-21-20(28)22(32)30(23(33)29(21)12-15-6-3-2-4-7-15)13-18(31)27-17-9-5-8-16(24)19(17)25/h2-9,14H,10-13H2,1H3,(H,27,31). The Morgan fingerprint density at radius 2 is 1.88 bits per heavy atom. The third kappa shape index (κ3) is 4.63. The Kier molecular flexibility index (Phi) is 6.90. The van der Waals surface area contributed by atoms with Crippen molar-refractivity contribution in [3.8, 4) is 0 Å². The number of hydrogen-bond acceptors (Lipinski definition) is 5. The molecule has 2 aromatic carbocycles. The van der Waals surface area contributed by atoms with E-state index in [1.807, 2.05) is 30.3 Å². The van der Waals surface area contributed by atoms with Crippen molar-refractivity contribution >= 4 is 34.4 Å². The summed E-state index contributed by atoms with van der Waals surface area (Å²) in [5.41, 5.74) is -0.365. The number of amides is 1. The van der Waals surface area contributed by atoms with Gasteiger partial charge >= 0.3 is 5.69 Å². The topological polar surface area (TPSA) is 100 Å². The van der Waals surface area contributed by atoms with E-state index in [1.165, 1.54) is 36.2 Å². The van der Waals surface area contributed by atoms with E-state index in [0.29, 0.717) is 13.2 Å². The number of carbonyl (C=O) groups is 1. The van der Waals surface area contributed by atoms with Crippen LogP contribution in [-0.2, 0) is 29.2 Å². The molecule has 11 heteroatoms. The fourth-order valence-corrected chi connectivity index (χ4v) is 3.75. The van der Waals surface area contributed by atoms with E-state index in [-0.39, 0.29) is 28.4 Å². The summed E-state index contributed by atoms with van der Waals surface area (Å²) in [6, 6.07) is 13.3. The highest BCUT2D eigenvalue weighted by molar-refractivity contribution is 6.31. The van der Waals surface area contributed by atoms with Crippen LogP contribution in [0.3, 0.4) is 0 Å². The van der Waals surface area contributed by atoms with Gasteiger partial charge in [0.05, 0.1) is 30.2 Å². The molecular weight excluding hydrogens is 465 g/mol. The molecule has 1 amide bonds. The summed E-state index contributed by atoms with van der Waals surface area (Å²) in [4.78, 5) is 43.6. The lowest BCUT2D eigenvalue weighted by Gasteiger charge is -2.13. The largest absolute Gasteiger partial charge is 0.383 e. The molecule has 9 nitrogen and oxygen atoms in total. The number of aromatic nitrogens is 4. The van der Waals surface area contributed by atoms with E-state index >= 15 is 0 Å². The third-order valence-corrected chi connectivity index (χ3v) is 5.52. The van der Waals surface area contributed by atoms with Crippen LogP contribution >= 0.6 is 11.6 Å². The highest BCUT2D eigenvalue weighted by atomic mass is 35.5. The minimum absolute atomic E-state index is 0.141. The molecule has 34 heavy (non-hydrogen) atoms. The van der Waals surface area contributed by atoms with Crippen LogP contribution in [0.4, 0.5) is 10.1 Å². The Hall–Kier alpha value is -3.76. The number of nitrogens with one attached hydrogen (secondary N) is 1. The predicted molar refractivity (Wildman–Crippen MR) is 126 cm³/mol. The molecule has 0 aliphatic heterocycles. The zero-order valence-electron chi connectivity index (χ0n) is 18.2. The Labute approximate surface area is 198 Å². The van der Waals surface area contributed by atoms with Gasteiger partial charge in [-0.2, -0.15) is 0 Å². The molecule has 1 N–H and O–H groups in total. The molecule has 2 heterocycles. The first-order valence-electron chi connectivity index (χ1n) is 10.4. The van der Waals surface area contributed by atoms with Crippen molar-refractivity contribution in [3.63, 3.8) is 0 Å². The van der Waals surface area contributed by atoms with E-state index in [2.05, 4.69) is 10.3 Å². The van der Waals surface area contributed by atoms with E-state index in [9.17, 15) is 18.8 Å². The molecule has 176 valence electrons. The van der Waals surface area contributed by atoms with E-state index in [1.54, 1.807) is 4.57 Å². The molecule has 0 atom stereocenters. The van der Waals surface area contributed by atoms with Crippen LogP contribution in [0.2, 0.25) is 5.02 Å². The number of carbonyl (C=O) groups excluding carboxylic acids is 1. The van der Waals surface area contributed by atoms with Crippen molar-refractivity contribution in [2.24, 2.45) is 0 Å². The normalized spacial score (nSPS) is 11.1. The number of ether oxygens (including phenoxy) is 1. The number of imidazole rings is 1. The second-order valence-electron chi connectivity index (χ2n) is 7.50. The SMILES string of the molecule is COCCn1cnc2c1c(=O)n(CC(=O)Nc1cccc(Cl)c1F)c(=O)n2Cc1ccccc1. The van der Waals surface area contributed by atoms with Crippen LogP contribution in [0.15, 0.2) is 64.4 Å². The highest BCUT2D eigenvalue weighted by Crippen LogP contribution is 2.21. The number of benzene rings is 2. The third-order valence-electron chi connectivity index (χ3n) is 5.23. The average molecular weight is 486 g/mol. The summed E-state index contributed by atoms with van der Waals surface area (Å²) in [7, 11) is 1.53. The molecule has 0 aliphatic rings. The van der Waals surface area contributed by atoms with Crippen molar-refractivity contribution in [2.75, 3.05) is 19.0 Å². The van der Waals surface area contributed by atoms with E-state index in [0.717, 1.165) is 10.1 Å². The maximum Gasteiger partial charge on any atom is 0.333 e. The molecule has 0 radical (unpaired) electrons. The zero-order valence-corrected chi connectivity index (χ0v) is 19.0. The molecule has 0 fully saturated rings. The van der Waals surface area contributed by atoms with Gasteiger partial charge in [0.15, 0.2) is 17.0 Å². The fourth-order valence-electron chi connectivity index (χ4n) is 3.58. The van der Waals surface area contributed by atoms with Crippen LogP contribution in [0, 0.1) is 5.82 Å². The van der Waals surface area contributed by atoms with E-state index < -0.39 is 29.5 Å². The number of fused-ring (bicyclic) bond motifs is 1. The van der Waals surface area contributed by atoms with Crippen molar-refractivity contribution in [3.05, 3.63) is 92.1 Å². The van der Waals surface area contributed by atoms with Crippen LogP contribution in [0.5, 0.6) is 0 Å². The molecule has 0 aliphatic carbocycles. The Bertz CT molecular complexity index is 1460. The van der Waals surface area contributed by atoms with Gasteiger partial charge in [0.25, 0.3) is 5.56 Å².